The molecule has 0 heterocycles. The maximum Gasteiger partial charge on any atom is 0.194 e. The molecule has 0 bridgehead atoms. The molecular weight excluding hydrogens is 251 g/mol. The molecule has 1 aliphatic carbocycles. The van der Waals surface area contributed by atoms with Crippen LogP contribution >= 0.6 is 0 Å². The average molecular weight is 271 g/mol. The van der Waals surface area contributed by atoms with E-state index in [1.54, 1.807) is 0 Å². The predicted molar refractivity (Wildman–Crippen MR) is 70.6 cm³/mol. The van der Waals surface area contributed by atoms with Crippen LogP contribution in [0, 0.1) is 23.4 Å². The van der Waals surface area contributed by atoms with Gasteiger partial charge in [-0.15, -0.1) is 0 Å². The molecule has 0 aromatic heterocycles. The summed E-state index contributed by atoms with van der Waals surface area (Å²) in [5, 5.41) is 3.13. The second-order valence-corrected chi connectivity index (χ2v) is 5.38. The van der Waals surface area contributed by atoms with Gasteiger partial charge >= 0.3 is 0 Å². The first kappa shape index (κ1) is 14.2. The van der Waals surface area contributed by atoms with E-state index < -0.39 is 17.5 Å². The molecule has 1 aliphatic rings. The van der Waals surface area contributed by atoms with E-state index in [4.69, 9.17) is 0 Å². The van der Waals surface area contributed by atoms with Crippen molar-refractivity contribution in [2.24, 2.45) is 5.92 Å². The van der Waals surface area contributed by atoms with Gasteiger partial charge in [0.25, 0.3) is 0 Å². The molecule has 1 aromatic carbocycles. The highest BCUT2D eigenvalue weighted by Crippen LogP contribution is 2.28. The van der Waals surface area contributed by atoms with Gasteiger partial charge in [-0.2, -0.15) is 0 Å². The number of halogens is 3. The van der Waals surface area contributed by atoms with E-state index >= 15 is 0 Å². The van der Waals surface area contributed by atoms with Gasteiger partial charge in [-0.3, -0.25) is 0 Å². The summed E-state index contributed by atoms with van der Waals surface area (Å²) in [4.78, 5) is 0. The topological polar surface area (TPSA) is 12.0 Å². The molecule has 2 unspecified atom stereocenters. The minimum atomic E-state index is -1.41. The van der Waals surface area contributed by atoms with Crippen LogP contribution < -0.4 is 5.32 Å². The SMILES string of the molecule is CCC1CCCC(Nc2cc(F)c(F)c(F)c2)CC1. The molecule has 106 valence electrons. The van der Waals surface area contributed by atoms with Crippen molar-refractivity contribution in [3.05, 3.63) is 29.6 Å². The van der Waals surface area contributed by atoms with Crippen molar-refractivity contribution < 1.29 is 13.2 Å². The second kappa shape index (κ2) is 6.31. The van der Waals surface area contributed by atoms with Crippen molar-refractivity contribution in [3.8, 4) is 0 Å². The normalized spacial score (nSPS) is 24.0. The Bertz CT molecular complexity index is 410. The molecule has 2 rings (SSSR count). The molecule has 2 atom stereocenters. The number of nitrogens with one attached hydrogen (secondary N) is 1. The number of benzene rings is 1. The van der Waals surface area contributed by atoms with Crippen LogP contribution in [0.2, 0.25) is 0 Å². The Morgan fingerprint density at radius 3 is 2.37 bits per heavy atom. The zero-order valence-corrected chi connectivity index (χ0v) is 11.2. The van der Waals surface area contributed by atoms with Gasteiger partial charge in [-0.25, -0.2) is 13.2 Å². The van der Waals surface area contributed by atoms with E-state index in [0.29, 0.717) is 5.69 Å². The highest BCUT2D eigenvalue weighted by Gasteiger charge is 2.18. The first-order chi connectivity index (χ1) is 9.10. The third kappa shape index (κ3) is 3.64. The standard InChI is InChI=1S/C15H20F3N/c1-2-10-4-3-5-11(7-6-10)19-12-8-13(16)15(18)14(17)9-12/h8-11,19H,2-7H2,1H3. The molecule has 19 heavy (non-hydrogen) atoms. The molecule has 0 radical (unpaired) electrons. The van der Waals surface area contributed by atoms with Crippen molar-refractivity contribution in [1.29, 1.82) is 0 Å². The molecule has 0 aliphatic heterocycles. The van der Waals surface area contributed by atoms with E-state index in [1.807, 2.05) is 0 Å². The summed E-state index contributed by atoms with van der Waals surface area (Å²) in [7, 11) is 0. The van der Waals surface area contributed by atoms with Gasteiger partial charge < -0.3 is 5.32 Å². The number of anilines is 1. The molecule has 1 aromatic rings. The van der Waals surface area contributed by atoms with Gasteiger partial charge in [0.2, 0.25) is 0 Å². The van der Waals surface area contributed by atoms with Gasteiger partial charge in [-0.05, 0) is 25.2 Å². The van der Waals surface area contributed by atoms with Crippen LogP contribution in [-0.2, 0) is 0 Å². The van der Waals surface area contributed by atoms with Crippen LogP contribution in [0.5, 0.6) is 0 Å². The maximum atomic E-state index is 13.1. The molecular formula is C15H20F3N. The summed E-state index contributed by atoms with van der Waals surface area (Å²) in [5.41, 5.74) is 0.330. The Hall–Kier alpha value is -1.19. The minimum Gasteiger partial charge on any atom is -0.382 e. The first-order valence-corrected chi connectivity index (χ1v) is 7.01. The number of hydrogen-bond donors (Lipinski definition) is 1. The third-order valence-corrected chi connectivity index (χ3v) is 4.02. The van der Waals surface area contributed by atoms with Crippen molar-refractivity contribution in [3.63, 3.8) is 0 Å². The van der Waals surface area contributed by atoms with E-state index in [9.17, 15) is 13.2 Å². The van der Waals surface area contributed by atoms with Gasteiger partial charge in [0.05, 0.1) is 0 Å². The highest BCUT2D eigenvalue weighted by molar-refractivity contribution is 5.45. The molecule has 1 fully saturated rings. The Morgan fingerprint density at radius 1 is 1.05 bits per heavy atom. The quantitative estimate of drug-likeness (QED) is 0.610. The Kier molecular flexibility index (Phi) is 4.72. The lowest BCUT2D eigenvalue weighted by Crippen LogP contribution is -2.18. The van der Waals surface area contributed by atoms with E-state index in [1.165, 1.54) is 12.8 Å². The van der Waals surface area contributed by atoms with Crippen LogP contribution in [0.3, 0.4) is 0 Å². The van der Waals surface area contributed by atoms with E-state index in [2.05, 4.69) is 12.2 Å². The predicted octanol–water partition coefficient (Wildman–Crippen LogP) is 4.87. The Morgan fingerprint density at radius 2 is 1.74 bits per heavy atom. The third-order valence-electron chi connectivity index (χ3n) is 4.02. The summed E-state index contributed by atoms with van der Waals surface area (Å²) >= 11 is 0. The van der Waals surface area contributed by atoms with E-state index in [-0.39, 0.29) is 6.04 Å². The van der Waals surface area contributed by atoms with Crippen LogP contribution in [0.25, 0.3) is 0 Å². The minimum absolute atomic E-state index is 0.223. The average Bonchev–Trinajstić information content (AvgIpc) is 2.61. The molecule has 1 nitrogen and oxygen atoms in total. The van der Waals surface area contributed by atoms with Crippen LogP contribution in [0.15, 0.2) is 12.1 Å². The van der Waals surface area contributed by atoms with Crippen molar-refractivity contribution in [1.82, 2.24) is 0 Å². The molecule has 0 saturated heterocycles. The van der Waals surface area contributed by atoms with Gasteiger partial charge in [0, 0.05) is 23.9 Å². The fourth-order valence-electron chi connectivity index (χ4n) is 2.81. The lowest BCUT2D eigenvalue weighted by Gasteiger charge is -2.18. The van der Waals surface area contributed by atoms with Crippen molar-refractivity contribution >= 4 is 5.69 Å². The Labute approximate surface area is 112 Å². The summed E-state index contributed by atoms with van der Waals surface area (Å²) < 4.78 is 39.1. The van der Waals surface area contributed by atoms with Crippen LogP contribution in [0.1, 0.15) is 45.4 Å². The first-order valence-electron chi connectivity index (χ1n) is 7.01. The summed E-state index contributed by atoms with van der Waals surface area (Å²) in [6.45, 7) is 2.20. The van der Waals surface area contributed by atoms with Crippen molar-refractivity contribution in [2.75, 3.05) is 5.32 Å². The molecule has 0 spiro atoms. The fraction of sp³-hybridized carbons (Fsp3) is 0.600. The molecule has 1 saturated carbocycles. The largest absolute Gasteiger partial charge is 0.382 e. The molecule has 0 amide bonds. The molecule has 4 heteroatoms. The van der Waals surface area contributed by atoms with Crippen LogP contribution in [0.4, 0.5) is 18.9 Å². The van der Waals surface area contributed by atoms with Gasteiger partial charge in [0.1, 0.15) is 0 Å². The van der Waals surface area contributed by atoms with Crippen molar-refractivity contribution in [2.45, 2.75) is 51.5 Å². The monoisotopic (exact) mass is 271 g/mol. The number of hydrogen-bond acceptors (Lipinski definition) is 1. The second-order valence-electron chi connectivity index (χ2n) is 5.38. The lowest BCUT2D eigenvalue weighted by molar-refractivity contribution is 0.443. The molecule has 1 N–H and O–H groups in total. The summed E-state index contributed by atoms with van der Waals surface area (Å²) in [6, 6.07) is 2.28. The zero-order valence-electron chi connectivity index (χ0n) is 11.2. The smallest absolute Gasteiger partial charge is 0.194 e. The van der Waals surface area contributed by atoms with Gasteiger partial charge in [-0.1, -0.05) is 26.2 Å². The maximum absolute atomic E-state index is 13.1. The summed E-state index contributed by atoms with van der Waals surface area (Å²) in [6.07, 6.45) is 6.67. The Balaban J connectivity index is 2.01. The van der Waals surface area contributed by atoms with Crippen LogP contribution in [-0.4, -0.2) is 6.04 Å². The zero-order chi connectivity index (χ0) is 13.8. The lowest BCUT2D eigenvalue weighted by atomic mass is 9.98. The highest BCUT2D eigenvalue weighted by atomic mass is 19.2. The fourth-order valence-corrected chi connectivity index (χ4v) is 2.81. The number of rotatable bonds is 3. The van der Waals surface area contributed by atoms with Gasteiger partial charge in [0.15, 0.2) is 17.5 Å². The summed E-state index contributed by atoms with van der Waals surface area (Å²) in [5.74, 6) is -2.92. The van der Waals surface area contributed by atoms with E-state index in [0.717, 1.165) is 43.7 Å².